The van der Waals surface area contributed by atoms with Crippen molar-refractivity contribution in [2.24, 2.45) is 0 Å². The molecule has 0 aromatic heterocycles. The second kappa shape index (κ2) is 10.3. The molecule has 2 aromatic carbocycles. The molecule has 1 aliphatic carbocycles. The van der Waals surface area contributed by atoms with Crippen molar-refractivity contribution in [1.82, 2.24) is 4.90 Å². The molecule has 0 spiro atoms. The molecule has 2 heterocycles. The number of ketones is 1. The predicted molar refractivity (Wildman–Crippen MR) is 131 cm³/mol. The standard InChI is InChI=1S/C27H32ClN2O4.HI/c1-30(12-4-5-13-30)16-22-19-7-6-18(33-2)14-17(19)10-11-29(22)27(32)21-15-23(31)20-8-9-24(34-3)26(28)25(20)21;/h6-9,14,21-22H,4-5,10-13,15-16H2,1-3H3;1H/q+1;/p-1. The fourth-order valence-electron chi connectivity index (χ4n) is 6.10. The summed E-state index contributed by atoms with van der Waals surface area (Å²) in [5, 5.41) is 0.376. The number of ether oxygens (including phenoxy) is 2. The third-order valence-electron chi connectivity index (χ3n) is 7.95. The normalized spacial score (nSPS) is 22.3. The minimum absolute atomic E-state index is 0. The van der Waals surface area contributed by atoms with Gasteiger partial charge >= 0.3 is 0 Å². The Morgan fingerprint density at radius 2 is 1.89 bits per heavy atom. The minimum atomic E-state index is -0.573. The van der Waals surface area contributed by atoms with Gasteiger partial charge in [0, 0.05) is 31.4 Å². The third kappa shape index (κ3) is 4.67. The molecule has 5 rings (SSSR count). The second-order valence-electron chi connectivity index (χ2n) is 10.0. The van der Waals surface area contributed by atoms with Crippen LogP contribution in [0.1, 0.15) is 58.3 Å². The lowest BCUT2D eigenvalue weighted by molar-refractivity contribution is -0.900. The highest BCUT2D eigenvalue weighted by atomic mass is 127. The fraction of sp³-hybridized carbons (Fsp3) is 0.481. The van der Waals surface area contributed by atoms with Crippen molar-refractivity contribution in [3.8, 4) is 11.5 Å². The van der Waals surface area contributed by atoms with Gasteiger partial charge in [-0.15, -0.1) is 0 Å². The predicted octanol–water partition coefficient (Wildman–Crippen LogP) is 1.40. The van der Waals surface area contributed by atoms with Crippen LogP contribution in [0.5, 0.6) is 11.5 Å². The van der Waals surface area contributed by atoms with Crippen LogP contribution in [-0.2, 0) is 11.2 Å². The van der Waals surface area contributed by atoms with E-state index < -0.39 is 5.92 Å². The molecule has 3 aliphatic rings. The number of Topliss-reactive ketones (excluding diaryl/α,β-unsaturated/α-hetero) is 1. The maximum absolute atomic E-state index is 14.1. The number of carbonyl (C=O) groups excluding carboxylic acids is 2. The Morgan fingerprint density at radius 1 is 1.14 bits per heavy atom. The van der Waals surface area contributed by atoms with Gasteiger partial charge < -0.3 is 42.8 Å². The molecule has 1 saturated heterocycles. The molecule has 2 atom stereocenters. The van der Waals surface area contributed by atoms with E-state index in [2.05, 4.69) is 19.2 Å². The average molecular weight is 611 g/mol. The number of hydrogen-bond acceptors (Lipinski definition) is 4. The van der Waals surface area contributed by atoms with Gasteiger partial charge in [-0.25, -0.2) is 0 Å². The molecule has 0 bridgehead atoms. The zero-order chi connectivity index (χ0) is 24.0. The van der Waals surface area contributed by atoms with Crippen LogP contribution in [0.2, 0.25) is 5.02 Å². The number of benzene rings is 2. The Bertz CT molecular complexity index is 1150. The molecule has 0 saturated carbocycles. The number of hydrogen-bond donors (Lipinski definition) is 0. The lowest BCUT2D eigenvalue weighted by atomic mass is 9.89. The third-order valence-corrected chi connectivity index (χ3v) is 8.34. The number of amides is 1. The monoisotopic (exact) mass is 610 g/mol. The number of nitrogens with zero attached hydrogens (tertiary/aromatic N) is 2. The first-order valence-electron chi connectivity index (χ1n) is 12.1. The van der Waals surface area contributed by atoms with Crippen molar-refractivity contribution in [1.29, 1.82) is 0 Å². The quantitative estimate of drug-likeness (QED) is 0.380. The van der Waals surface area contributed by atoms with Gasteiger partial charge in [0.05, 0.1) is 45.3 Å². The Labute approximate surface area is 229 Å². The van der Waals surface area contributed by atoms with E-state index in [1.165, 1.54) is 24.0 Å². The van der Waals surface area contributed by atoms with Crippen molar-refractivity contribution in [2.45, 2.75) is 37.6 Å². The Balaban J connectivity index is 0.00000289. The van der Waals surface area contributed by atoms with Crippen LogP contribution in [0, 0.1) is 0 Å². The highest BCUT2D eigenvalue weighted by molar-refractivity contribution is 6.34. The van der Waals surface area contributed by atoms with Crippen LogP contribution in [0.25, 0.3) is 0 Å². The first-order valence-corrected chi connectivity index (χ1v) is 12.4. The summed E-state index contributed by atoms with van der Waals surface area (Å²) >= 11 is 6.64. The highest BCUT2D eigenvalue weighted by Crippen LogP contribution is 2.45. The van der Waals surface area contributed by atoms with Crippen molar-refractivity contribution >= 4 is 23.3 Å². The Hall–Kier alpha value is -1.84. The van der Waals surface area contributed by atoms with Crippen molar-refractivity contribution in [3.05, 3.63) is 57.6 Å². The van der Waals surface area contributed by atoms with Gasteiger partial charge in [-0.2, -0.15) is 0 Å². The summed E-state index contributed by atoms with van der Waals surface area (Å²) in [5.74, 6) is 0.717. The minimum Gasteiger partial charge on any atom is -1.00 e. The smallest absolute Gasteiger partial charge is 0.231 e. The molecule has 0 N–H and O–H groups in total. The molecule has 2 aliphatic heterocycles. The van der Waals surface area contributed by atoms with Gasteiger partial charge in [-0.1, -0.05) is 17.7 Å². The highest BCUT2D eigenvalue weighted by Gasteiger charge is 2.44. The maximum atomic E-state index is 14.1. The molecule has 1 amide bonds. The summed E-state index contributed by atoms with van der Waals surface area (Å²) in [6, 6.07) is 9.60. The fourth-order valence-corrected chi connectivity index (χ4v) is 6.47. The number of fused-ring (bicyclic) bond motifs is 2. The first kappa shape index (κ1) is 26.2. The van der Waals surface area contributed by atoms with Gasteiger partial charge in [0.15, 0.2) is 5.78 Å². The molecular weight excluding hydrogens is 579 g/mol. The molecule has 6 nitrogen and oxygen atoms in total. The summed E-state index contributed by atoms with van der Waals surface area (Å²) in [6.45, 7) is 3.73. The molecule has 1 fully saturated rings. The van der Waals surface area contributed by atoms with E-state index in [9.17, 15) is 9.59 Å². The van der Waals surface area contributed by atoms with E-state index in [4.69, 9.17) is 21.1 Å². The molecule has 188 valence electrons. The van der Waals surface area contributed by atoms with Crippen LogP contribution >= 0.6 is 11.6 Å². The van der Waals surface area contributed by atoms with Gasteiger partial charge in [0.25, 0.3) is 0 Å². The van der Waals surface area contributed by atoms with E-state index in [0.717, 1.165) is 36.3 Å². The molecule has 2 unspecified atom stereocenters. The largest absolute Gasteiger partial charge is 1.00 e. The van der Waals surface area contributed by atoms with Gasteiger partial charge in [-0.05, 0) is 47.4 Å². The lowest BCUT2D eigenvalue weighted by Gasteiger charge is -2.43. The van der Waals surface area contributed by atoms with Crippen LogP contribution < -0.4 is 33.5 Å². The zero-order valence-corrected chi connectivity index (χ0v) is 23.4. The van der Waals surface area contributed by atoms with Gasteiger partial charge in [0.2, 0.25) is 5.91 Å². The van der Waals surface area contributed by atoms with Crippen LogP contribution in [0.4, 0.5) is 0 Å². The van der Waals surface area contributed by atoms with Gasteiger partial charge in [0.1, 0.15) is 24.1 Å². The molecule has 0 radical (unpaired) electrons. The number of carbonyl (C=O) groups is 2. The van der Waals surface area contributed by atoms with E-state index in [-0.39, 0.29) is 48.1 Å². The summed E-state index contributed by atoms with van der Waals surface area (Å²) in [5.41, 5.74) is 3.59. The average Bonchev–Trinajstić information content (AvgIpc) is 3.42. The number of likely N-dealkylation sites (N-methyl/N-ethyl adjacent to an activating group) is 1. The molecule has 8 heteroatoms. The van der Waals surface area contributed by atoms with Crippen molar-refractivity contribution < 1.29 is 47.5 Å². The van der Waals surface area contributed by atoms with E-state index in [1.54, 1.807) is 26.4 Å². The zero-order valence-electron chi connectivity index (χ0n) is 20.5. The lowest BCUT2D eigenvalue weighted by Crippen LogP contribution is -3.00. The van der Waals surface area contributed by atoms with Crippen LogP contribution in [-0.4, -0.2) is 68.5 Å². The van der Waals surface area contributed by atoms with Crippen LogP contribution in [0.3, 0.4) is 0 Å². The summed E-state index contributed by atoms with van der Waals surface area (Å²) in [7, 11) is 5.53. The first-order chi connectivity index (χ1) is 16.3. The second-order valence-corrected chi connectivity index (χ2v) is 10.4. The van der Waals surface area contributed by atoms with E-state index >= 15 is 0 Å². The van der Waals surface area contributed by atoms with Crippen molar-refractivity contribution in [3.63, 3.8) is 0 Å². The summed E-state index contributed by atoms with van der Waals surface area (Å²) in [4.78, 5) is 28.9. The van der Waals surface area contributed by atoms with Gasteiger partial charge in [-0.3, -0.25) is 9.59 Å². The molecule has 35 heavy (non-hydrogen) atoms. The van der Waals surface area contributed by atoms with Crippen molar-refractivity contribution in [2.75, 3.05) is 47.4 Å². The number of methoxy groups -OCH3 is 2. The Kier molecular flexibility index (Phi) is 7.69. The SMILES string of the molecule is COc1ccc2c(c1)CCN(C(=O)C1CC(=O)c3ccc(OC)c(Cl)c31)C2C[N+]1(C)CCCC1.[I-]. The number of quaternary nitrogens is 1. The number of likely N-dealkylation sites (tertiary alicyclic amines) is 1. The van der Waals surface area contributed by atoms with Crippen LogP contribution in [0.15, 0.2) is 30.3 Å². The number of rotatable bonds is 5. The van der Waals surface area contributed by atoms with E-state index in [0.29, 0.717) is 28.4 Å². The summed E-state index contributed by atoms with van der Waals surface area (Å²) in [6.07, 6.45) is 3.35. The molecule has 2 aromatic rings. The maximum Gasteiger partial charge on any atom is 0.231 e. The number of halogens is 2. The summed E-state index contributed by atoms with van der Waals surface area (Å²) < 4.78 is 11.8. The molecular formula is C27H32ClIN2O4. The van der Waals surface area contributed by atoms with E-state index in [1.807, 2.05) is 11.0 Å². The Morgan fingerprint density at radius 3 is 2.57 bits per heavy atom. The topological polar surface area (TPSA) is 55.8 Å².